The van der Waals surface area contributed by atoms with Crippen LogP contribution in [0.25, 0.3) is 0 Å². The summed E-state index contributed by atoms with van der Waals surface area (Å²) in [5.41, 5.74) is 2.13. The van der Waals surface area contributed by atoms with Crippen molar-refractivity contribution in [1.29, 1.82) is 0 Å². The van der Waals surface area contributed by atoms with Crippen molar-refractivity contribution in [1.82, 2.24) is 0 Å². The van der Waals surface area contributed by atoms with Crippen LogP contribution in [0.15, 0.2) is 53.5 Å². The fourth-order valence-corrected chi connectivity index (χ4v) is 1.77. The number of hydrogen-bond acceptors (Lipinski definition) is 3. The van der Waals surface area contributed by atoms with Gasteiger partial charge in [0.1, 0.15) is 11.5 Å². The molecule has 0 atom stereocenters. The van der Waals surface area contributed by atoms with Crippen LogP contribution in [0, 0.1) is 0 Å². The number of methoxy groups -OCH3 is 2. The number of aliphatic imine (C=N–C) groups is 1. The topological polar surface area (TPSA) is 30.8 Å². The molecule has 0 aliphatic heterocycles. The highest BCUT2D eigenvalue weighted by Gasteiger charge is 2.03. The van der Waals surface area contributed by atoms with E-state index in [9.17, 15) is 0 Å². The lowest BCUT2D eigenvalue weighted by Gasteiger charge is -2.08. The molecule has 0 spiro atoms. The van der Waals surface area contributed by atoms with Crippen LogP contribution in [-0.4, -0.2) is 20.4 Å². The standard InChI is InChI=1S/C16H17NO2/c1-18-15-9-8-14(16(10-15)19-2)12-17-11-13-6-4-3-5-7-13/h3-11H,12H2,1-2H3. The lowest BCUT2D eigenvalue weighted by Crippen LogP contribution is -1.93. The lowest BCUT2D eigenvalue weighted by molar-refractivity contribution is 0.391. The summed E-state index contributed by atoms with van der Waals surface area (Å²) in [5.74, 6) is 1.58. The molecule has 0 saturated heterocycles. The Labute approximate surface area is 113 Å². The Morgan fingerprint density at radius 3 is 2.47 bits per heavy atom. The van der Waals surface area contributed by atoms with Crippen molar-refractivity contribution < 1.29 is 9.47 Å². The first-order valence-corrected chi connectivity index (χ1v) is 6.09. The third kappa shape index (κ3) is 3.58. The Balaban J connectivity index is 2.09. The summed E-state index contributed by atoms with van der Waals surface area (Å²) in [5, 5.41) is 0. The monoisotopic (exact) mass is 255 g/mol. The van der Waals surface area contributed by atoms with Crippen molar-refractivity contribution in [2.24, 2.45) is 4.99 Å². The molecule has 3 heteroatoms. The Kier molecular flexibility index (Phi) is 4.56. The van der Waals surface area contributed by atoms with E-state index in [0.717, 1.165) is 22.6 Å². The zero-order valence-corrected chi connectivity index (χ0v) is 11.2. The highest BCUT2D eigenvalue weighted by atomic mass is 16.5. The van der Waals surface area contributed by atoms with Crippen LogP contribution < -0.4 is 9.47 Å². The van der Waals surface area contributed by atoms with E-state index in [1.165, 1.54) is 0 Å². The van der Waals surface area contributed by atoms with Gasteiger partial charge in [-0.15, -0.1) is 0 Å². The quantitative estimate of drug-likeness (QED) is 0.767. The Hall–Kier alpha value is -2.29. The van der Waals surface area contributed by atoms with Crippen molar-refractivity contribution in [3.8, 4) is 11.5 Å². The highest BCUT2D eigenvalue weighted by molar-refractivity contribution is 5.79. The maximum Gasteiger partial charge on any atom is 0.127 e. The second-order valence-corrected chi connectivity index (χ2v) is 4.06. The van der Waals surface area contributed by atoms with Crippen LogP contribution in [0.1, 0.15) is 11.1 Å². The molecule has 0 N–H and O–H groups in total. The van der Waals surface area contributed by atoms with Gasteiger partial charge in [-0.2, -0.15) is 0 Å². The minimum Gasteiger partial charge on any atom is -0.497 e. The number of rotatable bonds is 5. The van der Waals surface area contributed by atoms with Crippen molar-refractivity contribution in [2.75, 3.05) is 14.2 Å². The second-order valence-electron chi connectivity index (χ2n) is 4.06. The summed E-state index contributed by atoms with van der Waals surface area (Å²) in [4.78, 5) is 4.43. The van der Waals surface area contributed by atoms with Gasteiger partial charge in [0.15, 0.2) is 0 Å². The lowest BCUT2D eigenvalue weighted by atomic mass is 10.2. The molecule has 19 heavy (non-hydrogen) atoms. The summed E-state index contributed by atoms with van der Waals surface area (Å²) < 4.78 is 10.5. The molecule has 2 aromatic carbocycles. The van der Waals surface area contributed by atoms with Gasteiger partial charge >= 0.3 is 0 Å². The minimum atomic E-state index is 0.585. The first-order chi connectivity index (χ1) is 9.33. The summed E-state index contributed by atoms with van der Waals surface area (Å²) in [7, 11) is 3.29. The van der Waals surface area contributed by atoms with Crippen molar-refractivity contribution in [3.05, 3.63) is 59.7 Å². The number of hydrogen-bond donors (Lipinski definition) is 0. The maximum atomic E-state index is 5.34. The molecule has 0 bridgehead atoms. The van der Waals surface area contributed by atoms with Gasteiger partial charge in [-0.3, -0.25) is 4.99 Å². The average Bonchev–Trinajstić information content (AvgIpc) is 2.48. The summed E-state index contributed by atoms with van der Waals surface area (Å²) in [6.07, 6.45) is 1.86. The van der Waals surface area contributed by atoms with Gasteiger partial charge in [0, 0.05) is 17.8 Å². The first-order valence-electron chi connectivity index (χ1n) is 6.09. The SMILES string of the molecule is COc1ccc(CN=Cc2ccccc2)c(OC)c1. The Bertz CT molecular complexity index is 550. The average molecular weight is 255 g/mol. The highest BCUT2D eigenvalue weighted by Crippen LogP contribution is 2.25. The third-order valence-electron chi connectivity index (χ3n) is 2.80. The fourth-order valence-electron chi connectivity index (χ4n) is 1.77. The summed E-state index contributed by atoms with van der Waals surface area (Å²) >= 11 is 0. The summed E-state index contributed by atoms with van der Waals surface area (Å²) in [6.45, 7) is 0.585. The predicted octanol–water partition coefficient (Wildman–Crippen LogP) is 3.32. The molecule has 0 amide bonds. The number of nitrogens with zero attached hydrogens (tertiary/aromatic N) is 1. The second kappa shape index (κ2) is 6.59. The molecule has 0 fully saturated rings. The van der Waals surface area contributed by atoms with Gasteiger partial charge in [0.05, 0.1) is 20.8 Å². The molecular weight excluding hydrogens is 238 g/mol. The van der Waals surface area contributed by atoms with Gasteiger partial charge in [-0.25, -0.2) is 0 Å². The molecule has 0 aliphatic carbocycles. The van der Waals surface area contributed by atoms with Crippen molar-refractivity contribution in [2.45, 2.75) is 6.54 Å². The molecule has 2 rings (SSSR count). The van der Waals surface area contributed by atoms with Crippen LogP contribution in [0.2, 0.25) is 0 Å². The van der Waals surface area contributed by atoms with E-state index in [0.29, 0.717) is 6.54 Å². The van der Waals surface area contributed by atoms with Gasteiger partial charge in [0.25, 0.3) is 0 Å². The number of benzene rings is 2. The van der Waals surface area contributed by atoms with Crippen molar-refractivity contribution >= 4 is 6.21 Å². The number of ether oxygens (including phenoxy) is 2. The van der Waals surface area contributed by atoms with Gasteiger partial charge in [-0.05, 0) is 17.7 Å². The smallest absolute Gasteiger partial charge is 0.127 e. The first kappa shape index (κ1) is 13.1. The van der Waals surface area contributed by atoms with Crippen LogP contribution in [0.4, 0.5) is 0 Å². The van der Waals surface area contributed by atoms with Crippen LogP contribution in [-0.2, 0) is 6.54 Å². The molecular formula is C16H17NO2. The van der Waals surface area contributed by atoms with Crippen molar-refractivity contribution in [3.63, 3.8) is 0 Å². The molecule has 0 saturated carbocycles. The van der Waals surface area contributed by atoms with Crippen LogP contribution in [0.5, 0.6) is 11.5 Å². The van der Waals surface area contributed by atoms with E-state index in [4.69, 9.17) is 9.47 Å². The molecule has 0 aliphatic rings. The molecule has 0 unspecified atom stereocenters. The van der Waals surface area contributed by atoms with Gasteiger partial charge < -0.3 is 9.47 Å². The van der Waals surface area contributed by atoms with E-state index in [1.54, 1.807) is 14.2 Å². The zero-order chi connectivity index (χ0) is 13.5. The Morgan fingerprint density at radius 2 is 1.79 bits per heavy atom. The summed E-state index contributed by atoms with van der Waals surface area (Å²) in [6, 6.07) is 15.8. The molecule has 98 valence electrons. The van der Waals surface area contributed by atoms with Crippen LogP contribution in [0.3, 0.4) is 0 Å². The zero-order valence-electron chi connectivity index (χ0n) is 11.2. The molecule has 3 nitrogen and oxygen atoms in total. The van der Waals surface area contributed by atoms with E-state index in [1.807, 2.05) is 54.7 Å². The maximum absolute atomic E-state index is 5.34. The predicted molar refractivity (Wildman–Crippen MR) is 77.3 cm³/mol. The van der Waals surface area contributed by atoms with Gasteiger partial charge in [-0.1, -0.05) is 30.3 Å². The van der Waals surface area contributed by atoms with Gasteiger partial charge in [0.2, 0.25) is 0 Å². The van der Waals surface area contributed by atoms with Crippen LogP contribution >= 0.6 is 0 Å². The normalized spacial score (nSPS) is 10.6. The molecule has 2 aromatic rings. The molecule has 0 aromatic heterocycles. The van der Waals surface area contributed by atoms with E-state index in [2.05, 4.69) is 4.99 Å². The molecule has 0 radical (unpaired) electrons. The largest absolute Gasteiger partial charge is 0.497 e. The minimum absolute atomic E-state index is 0.585. The molecule has 0 heterocycles. The van der Waals surface area contributed by atoms with E-state index in [-0.39, 0.29) is 0 Å². The third-order valence-corrected chi connectivity index (χ3v) is 2.80. The van der Waals surface area contributed by atoms with E-state index >= 15 is 0 Å². The Morgan fingerprint density at radius 1 is 1.00 bits per heavy atom. The van der Waals surface area contributed by atoms with E-state index < -0.39 is 0 Å². The fraction of sp³-hybridized carbons (Fsp3) is 0.188.